The van der Waals surface area contributed by atoms with Gasteiger partial charge in [-0.15, -0.1) is 0 Å². The van der Waals surface area contributed by atoms with Crippen molar-refractivity contribution in [2.75, 3.05) is 0 Å². The van der Waals surface area contributed by atoms with Gasteiger partial charge in [0.15, 0.2) is 0 Å². The summed E-state index contributed by atoms with van der Waals surface area (Å²) < 4.78 is 7.78. The molecule has 0 saturated carbocycles. The smallest absolute Gasteiger partial charge is 0.259 e. The zero-order chi connectivity index (χ0) is 18.8. The second-order valence-electron chi connectivity index (χ2n) is 6.62. The van der Waals surface area contributed by atoms with Crippen molar-refractivity contribution in [2.45, 2.75) is 26.5 Å². The number of ether oxygens (including phenoxy) is 1. The van der Waals surface area contributed by atoms with Gasteiger partial charge in [0.05, 0.1) is 23.6 Å². The van der Waals surface area contributed by atoms with E-state index in [1.54, 1.807) is 12.3 Å². The summed E-state index contributed by atoms with van der Waals surface area (Å²) in [5.74, 6) is 1.34. The van der Waals surface area contributed by atoms with Crippen molar-refractivity contribution in [3.05, 3.63) is 76.8 Å². The van der Waals surface area contributed by atoms with E-state index in [1.807, 2.05) is 67.2 Å². The number of aromatic amines is 1. The van der Waals surface area contributed by atoms with Gasteiger partial charge in [-0.05, 0) is 50.2 Å². The first kappa shape index (κ1) is 17.0. The lowest BCUT2D eigenvalue weighted by molar-refractivity contribution is 0.239. The number of fused-ring (bicyclic) bond motifs is 1. The van der Waals surface area contributed by atoms with Crippen molar-refractivity contribution in [2.24, 2.45) is 0 Å². The van der Waals surface area contributed by atoms with Crippen molar-refractivity contribution < 1.29 is 4.74 Å². The number of rotatable bonds is 5. The maximum absolute atomic E-state index is 12.4. The average molecular weight is 360 g/mol. The van der Waals surface area contributed by atoms with Crippen molar-refractivity contribution in [3.8, 4) is 17.1 Å². The van der Waals surface area contributed by atoms with Gasteiger partial charge < -0.3 is 9.72 Å². The van der Waals surface area contributed by atoms with E-state index in [-0.39, 0.29) is 11.7 Å². The fourth-order valence-corrected chi connectivity index (χ4v) is 3.01. The fourth-order valence-electron chi connectivity index (χ4n) is 3.01. The second-order valence-corrected chi connectivity index (χ2v) is 6.62. The molecule has 0 bridgehead atoms. The summed E-state index contributed by atoms with van der Waals surface area (Å²) >= 11 is 0. The molecule has 136 valence electrons. The Balaban J connectivity index is 1.80. The molecule has 4 rings (SSSR count). The van der Waals surface area contributed by atoms with Crippen molar-refractivity contribution in [1.82, 2.24) is 19.7 Å². The molecule has 2 aromatic heterocycles. The van der Waals surface area contributed by atoms with Crippen LogP contribution in [0, 0.1) is 0 Å². The van der Waals surface area contributed by atoms with Crippen LogP contribution in [0.3, 0.4) is 0 Å². The fraction of sp³-hybridized carbons (Fsp3) is 0.190. The molecule has 0 unspecified atom stereocenters. The molecule has 0 radical (unpaired) electrons. The first-order chi connectivity index (χ1) is 13.1. The molecule has 0 amide bonds. The SMILES string of the molecule is CC(C)Oc1ccc(-c2nc3ccccc3c(=O)[nH]2)cc1Cn1cccn1. The number of nitrogens with zero attached hydrogens (tertiary/aromatic N) is 3. The Morgan fingerprint density at radius 2 is 2.00 bits per heavy atom. The minimum absolute atomic E-state index is 0.0609. The quantitative estimate of drug-likeness (QED) is 0.590. The zero-order valence-corrected chi connectivity index (χ0v) is 15.2. The Bertz CT molecular complexity index is 1130. The number of hydrogen-bond acceptors (Lipinski definition) is 4. The van der Waals surface area contributed by atoms with Gasteiger partial charge in [-0.25, -0.2) is 4.98 Å². The lowest BCUT2D eigenvalue weighted by Crippen LogP contribution is -2.11. The highest BCUT2D eigenvalue weighted by molar-refractivity contribution is 5.79. The van der Waals surface area contributed by atoms with Crippen LogP contribution < -0.4 is 10.3 Å². The van der Waals surface area contributed by atoms with E-state index in [9.17, 15) is 4.79 Å². The molecular formula is C21H20N4O2. The van der Waals surface area contributed by atoms with Gasteiger partial charge in [0, 0.05) is 23.5 Å². The van der Waals surface area contributed by atoms with E-state index >= 15 is 0 Å². The molecule has 2 aromatic carbocycles. The van der Waals surface area contributed by atoms with Crippen LogP contribution in [0.5, 0.6) is 5.75 Å². The van der Waals surface area contributed by atoms with Crippen LogP contribution in [0.2, 0.25) is 0 Å². The topological polar surface area (TPSA) is 72.8 Å². The van der Waals surface area contributed by atoms with Crippen molar-refractivity contribution >= 4 is 10.9 Å². The summed E-state index contributed by atoms with van der Waals surface area (Å²) in [4.78, 5) is 19.9. The molecule has 0 spiro atoms. The predicted octanol–water partition coefficient (Wildman–Crippen LogP) is 3.62. The molecule has 4 aromatic rings. The van der Waals surface area contributed by atoms with Gasteiger partial charge in [0.2, 0.25) is 0 Å². The van der Waals surface area contributed by atoms with Crippen LogP contribution in [-0.4, -0.2) is 25.9 Å². The number of aromatic nitrogens is 4. The van der Waals surface area contributed by atoms with Crippen LogP contribution in [0.25, 0.3) is 22.3 Å². The van der Waals surface area contributed by atoms with Crippen LogP contribution >= 0.6 is 0 Å². The average Bonchev–Trinajstić information content (AvgIpc) is 3.16. The predicted molar refractivity (Wildman–Crippen MR) is 105 cm³/mol. The van der Waals surface area contributed by atoms with Gasteiger partial charge in [0.1, 0.15) is 11.6 Å². The summed E-state index contributed by atoms with van der Waals surface area (Å²) in [5, 5.41) is 4.86. The second kappa shape index (κ2) is 7.07. The van der Waals surface area contributed by atoms with Crippen LogP contribution in [0.15, 0.2) is 65.7 Å². The molecule has 6 nitrogen and oxygen atoms in total. The normalized spacial score (nSPS) is 11.2. The van der Waals surface area contributed by atoms with Gasteiger partial charge in [-0.3, -0.25) is 9.48 Å². The molecule has 27 heavy (non-hydrogen) atoms. The van der Waals surface area contributed by atoms with Crippen LogP contribution in [-0.2, 0) is 6.54 Å². The summed E-state index contributed by atoms with van der Waals surface area (Å²) in [5.41, 5.74) is 2.33. The Kier molecular flexibility index (Phi) is 4.46. The Morgan fingerprint density at radius 3 is 2.78 bits per heavy atom. The molecule has 2 heterocycles. The standard InChI is InChI=1S/C21H20N4O2/c1-14(2)27-19-9-8-15(12-16(19)13-25-11-5-10-22-25)20-23-18-7-4-3-6-17(18)21(26)24-20/h3-12,14H,13H2,1-2H3,(H,23,24,26). The largest absolute Gasteiger partial charge is 0.491 e. The maximum atomic E-state index is 12.4. The first-order valence-corrected chi connectivity index (χ1v) is 8.86. The molecule has 1 N–H and O–H groups in total. The molecule has 0 aliphatic carbocycles. The summed E-state index contributed by atoms with van der Waals surface area (Å²) in [6.45, 7) is 4.56. The number of benzene rings is 2. The van der Waals surface area contributed by atoms with Crippen LogP contribution in [0.4, 0.5) is 0 Å². The molecule has 0 aliphatic rings. The number of para-hydroxylation sites is 1. The Morgan fingerprint density at radius 1 is 1.15 bits per heavy atom. The van der Waals surface area contributed by atoms with E-state index in [2.05, 4.69) is 15.1 Å². The van der Waals surface area contributed by atoms with E-state index < -0.39 is 0 Å². The van der Waals surface area contributed by atoms with Gasteiger partial charge in [0.25, 0.3) is 5.56 Å². The monoisotopic (exact) mass is 360 g/mol. The Hall–Kier alpha value is -3.41. The minimum atomic E-state index is -0.147. The third-order valence-corrected chi connectivity index (χ3v) is 4.20. The van der Waals surface area contributed by atoms with Crippen molar-refractivity contribution in [1.29, 1.82) is 0 Å². The van der Waals surface area contributed by atoms with Crippen molar-refractivity contribution in [3.63, 3.8) is 0 Å². The van der Waals surface area contributed by atoms with E-state index in [0.29, 0.717) is 23.3 Å². The summed E-state index contributed by atoms with van der Waals surface area (Å²) in [6, 6.07) is 15.0. The molecule has 0 atom stereocenters. The molecule has 0 fully saturated rings. The minimum Gasteiger partial charge on any atom is -0.491 e. The maximum Gasteiger partial charge on any atom is 0.259 e. The molecule has 0 saturated heterocycles. The highest BCUT2D eigenvalue weighted by atomic mass is 16.5. The summed E-state index contributed by atoms with van der Waals surface area (Å²) in [6.07, 6.45) is 3.71. The Labute approximate surface area is 156 Å². The number of hydrogen-bond donors (Lipinski definition) is 1. The van der Waals surface area contributed by atoms with E-state index in [1.165, 1.54) is 0 Å². The summed E-state index contributed by atoms with van der Waals surface area (Å²) in [7, 11) is 0. The van der Waals surface area contributed by atoms with Crippen LogP contribution in [0.1, 0.15) is 19.4 Å². The zero-order valence-electron chi connectivity index (χ0n) is 15.2. The molecule has 0 aliphatic heterocycles. The van der Waals surface area contributed by atoms with E-state index in [4.69, 9.17) is 4.74 Å². The lowest BCUT2D eigenvalue weighted by Gasteiger charge is -2.16. The van der Waals surface area contributed by atoms with Gasteiger partial charge >= 0.3 is 0 Å². The lowest BCUT2D eigenvalue weighted by atomic mass is 10.1. The van der Waals surface area contributed by atoms with Gasteiger partial charge in [-0.1, -0.05) is 12.1 Å². The molecular weight excluding hydrogens is 340 g/mol. The highest BCUT2D eigenvalue weighted by Crippen LogP contribution is 2.27. The van der Waals surface area contributed by atoms with Gasteiger partial charge in [-0.2, -0.15) is 5.10 Å². The molecule has 6 heteroatoms. The third-order valence-electron chi connectivity index (χ3n) is 4.20. The highest BCUT2D eigenvalue weighted by Gasteiger charge is 2.12. The number of nitrogens with one attached hydrogen (secondary N) is 1. The first-order valence-electron chi connectivity index (χ1n) is 8.86. The third kappa shape index (κ3) is 3.60. The van der Waals surface area contributed by atoms with E-state index in [0.717, 1.165) is 16.9 Å². The number of H-pyrrole nitrogens is 1.